The summed E-state index contributed by atoms with van der Waals surface area (Å²) >= 11 is 3.53. The summed E-state index contributed by atoms with van der Waals surface area (Å²) in [6.07, 6.45) is 0. The largest absolute Gasteiger partial charge is 0.460 e. The first-order valence-electron chi connectivity index (χ1n) is 9.21. The van der Waals surface area contributed by atoms with Crippen molar-refractivity contribution in [1.82, 2.24) is 9.97 Å². The van der Waals surface area contributed by atoms with Crippen molar-refractivity contribution in [3.8, 4) is 0 Å². The van der Waals surface area contributed by atoms with Crippen LogP contribution < -0.4 is 4.90 Å². The Hall–Kier alpha value is -2.51. The molecule has 2 aromatic carbocycles. The van der Waals surface area contributed by atoms with Crippen LogP contribution in [0.15, 0.2) is 53.0 Å². The molecule has 6 nitrogen and oxygen atoms in total. The van der Waals surface area contributed by atoms with Gasteiger partial charge in [0.25, 0.3) is 0 Å². The highest BCUT2D eigenvalue weighted by molar-refractivity contribution is 9.10. The predicted molar refractivity (Wildman–Crippen MR) is 111 cm³/mol. The van der Waals surface area contributed by atoms with Crippen LogP contribution >= 0.6 is 15.9 Å². The summed E-state index contributed by atoms with van der Waals surface area (Å²) in [5.74, 6) is 0.273. The van der Waals surface area contributed by atoms with Gasteiger partial charge in [0.1, 0.15) is 5.82 Å². The normalized spacial score (nSPS) is 16.9. The lowest BCUT2D eigenvalue weighted by Gasteiger charge is -2.37. The van der Waals surface area contributed by atoms with E-state index >= 15 is 0 Å². The fourth-order valence-corrected chi connectivity index (χ4v) is 3.76. The van der Waals surface area contributed by atoms with Gasteiger partial charge in [-0.1, -0.05) is 46.3 Å². The number of morpholine rings is 1. The van der Waals surface area contributed by atoms with Crippen LogP contribution in [-0.4, -0.2) is 42.3 Å². The molecule has 2 heterocycles. The lowest BCUT2D eigenvalue weighted by Crippen LogP contribution is -2.40. The standard InChI is InChI=1S/C21H20BrN3O3/c1-2-28-21(26)19-23-17-9-8-15(22)12-16(17)20(24-19)25-10-11-27-13-18(25)14-6-4-3-5-7-14/h3-9,12,18H,2,10-11,13H2,1H3. The van der Waals surface area contributed by atoms with Crippen LogP contribution in [0.3, 0.4) is 0 Å². The molecule has 1 unspecified atom stereocenters. The number of halogens is 1. The van der Waals surface area contributed by atoms with Gasteiger partial charge >= 0.3 is 5.97 Å². The zero-order valence-electron chi connectivity index (χ0n) is 15.5. The average molecular weight is 442 g/mol. The first-order chi connectivity index (χ1) is 13.7. The lowest BCUT2D eigenvalue weighted by molar-refractivity contribution is 0.0512. The topological polar surface area (TPSA) is 64.5 Å². The van der Waals surface area contributed by atoms with Gasteiger partial charge in [0.2, 0.25) is 5.82 Å². The molecule has 0 spiro atoms. The summed E-state index contributed by atoms with van der Waals surface area (Å²) in [6, 6.07) is 16.0. The Morgan fingerprint density at radius 2 is 2.07 bits per heavy atom. The molecular weight excluding hydrogens is 422 g/mol. The van der Waals surface area contributed by atoms with E-state index in [2.05, 4.69) is 42.9 Å². The highest BCUT2D eigenvalue weighted by Gasteiger charge is 2.28. The van der Waals surface area contributed by atoms with Crippen LogP contribution in [-0.2, 0) is 9.47 Å². The highest BCUT2D eigenvalue weighted by atomic mass is 79.9. The van der Waals surface area contributed by atoms with E-state index < -0.39 is 5.97 Å². The first-order valence-corrected chi connectivity index (χ1v) is 10.0. The molecule has 4 rings (SSSR count). The fourth-order valence-electron chi connectivity index (χ4n) is 3.40. The number of hydrogen-bond acceptors (Lipinski definition) is 6. The molecule has 7 heteroatoms. The van der Waals surface area contributed by atoms with Crippen LogP contribution in [0.2, 0.25) is 0 Å². The molecule has 0 radical (unpaired) electrons. The van der Waals surface area contributed by atoms with Gasteiger partial charge in [0.05, 0.1) is 31.4 Å². The van der Waals surface area contributed by atoms with Gasteiger partial charge in [0, 0.05) is 16.4 Å². The van der Waals surface area contributed by atoms with Crippen molar-refractivity contribution in [2.75, 3.05) is 31.3 Å². The van der Waals surface area contributed by atoms with Crippen molar-refractivity contribution in [2.24, 2.45) is 0 Å². The van der Waals surface area contributed by atoms with E-state index in [0.29, 0.717) is 31.1 Å². The van der Waals surface area contributed by atoms with Gasteiger partial charge in [-0.25, -0.2) is 14.8 Å². The number of fused-ring (bicyclic) bond motifs is 1. The van der Waals surface area contributed by atoms with Crippen molar-refractivity contribution in [2.45, 2.75) is 13.0 Å². The molecule has 144 valence electrons. The average Bonchev–Trinajstić information content (AvgIpc) is 2.74. The quantitative estimate of drug-likeness (QED) is 0.566. The zero-order valence-corrected chi connectivity index (χ0v) is 17.1. The third-order valence-electron chi connectivity index (χ3n) is 4.68. The molecule has 0 bridgehead atoms. The smallest absolute Gasteiger partial charge is 0.376 e. The van der Waals surface area contributed by atoms with Gasteiger partial charge in [-0.15, -0.1) is 0 Å². The molecule has 1 fully saturated rings. The monoisotopic (exact) mass is 441 g/mol. The van der Waals surface area contributed by atoms with Crippen LogP contribution in [0.1, 0.15) is 29.1 Å². The minimum atomic E-state index is -0.516. The minimum Gasteiger partial charge on any atom is -0.460 e. The Morgan fingerprint density at radius 1 is 1.25 bits per heavy atom. The maximum absolute atomic E-state index is 12.3. The second-order valence-electron chi connectivity index (χ2n) is 6.45. The van der Waals surface area contributed by atoms with Crippen LogP contribution in [0, 0.1) is 0 Å². The molecule has 1 saturated heterocycles. The number of nitrogens with zero attached hydrogens (tertiary/aromatic N) is 3. The Balaban J connectivity index is 1.87. The minimum absolute atomic E-state index is 0.00192. The molecule has 1 aliphatic rings. The predicted octanol–water partition coefficient (Wildman–Crippen LogP) is 4.15. The van der Waals surface area contributed by atoms with Crippen LogP contribution in [0.25, 0.3) is 10.9 Å². The van der Waals surface area contributed by atoms with Gasteiger partial charge < -0.3 is 14.4 Å². The Labute approximate surface area is 171 Å². The van der Waals surface area contributed by atoms with Gasteiger partial charge in [-0.2, -0.15) is 0 Å². The number of anilines is 1. The second-order valence-corrected chi connectivity index (χ2v) is 7.36. The van der Waals surface area contributed by atoms with Gasteiger partial charge in [0.15, 0.2) is 0 Å². The molecule has 0 amide bonds. The number of benzene rings is 2. The fraction of sp³-hybridized carbons (Fsp3) is 0.286. The molecule has 0 aliphatic carbocycles. The number of aromatic nitrogens is 2. The molecule has 1 atom stereocenters. The molecule has 1 aliphatic heterocycles. The maximum Gasteiger partial charge on any atom is 0.376 e. The van der Waals surface area contributed by atoms with E-state index in [4.69, 9.17) is 9.47 Å². The SMILES string of the molecule is CCOC(=O)c1nc(N2CCOCC2c2ccccc2)c2cc(Br)ccc2n1. The third kappa shape index (κ3) is 3.72. The summed E-state index contributed by atoms with van der Waals surface area (Å²) in [6.45, 7) is 3.86. The summed E-state index contributed by atoms with van der Waals surface area (Å²) in [5, 5.41) is 0.880. The van der Waals surface area contributed by atoms with E-state index in [1.54, 1.807) is 6.92 Å². The third-order valence-corrected chi connectivity index (χ3v) is 5.17. The highest BCUT2D eigenvalue weighted by Crippen LogP contribution is 2.34. The Morgan fingerprint density at radius 3 is 2.86 bits per heavy atom. The Kier molecular flexibility index (Phi) is 5.54. The molecule has 28 heavy (non-hydrogen) atoms. The van der Waals surface area contributed by atoms with Crippen molar-refractivity contribution in [1.29, 1.82) is 0 Å². The van der Waals surface area contributed by atoms with Gasteiger partial charge in [-0.05, 0) is 30.7 Å². The molecular formula is C21H20BrN3O3. The van der Waals surface area contributed by atoms with E-state index in [0.717, 1.165) is 15.4 Å². The van der Waals surface area contributed by atoms with E-state index in [1.807, 2.05) is 36.4 Å². The maximum atomic E-state index is 12.3. The summed E-state index contributed by atoms with van der Waals surface area (Å²) in [4.78, 5) is 23.6. The molecule has 3 aromatic rings. The first kappa shape index (κ1) is 18.8. The molecule has 0 N–H and O–H groups in total. The number of rotatable bonds is 4. The van der Waals surface area contributed by atoms with Crippen molar-refractivity contribution in [3.05, 3.63) is 64.4 Å². The van der Waals surface area contributed by atoms with Crippen molar-refractivity contribution >= 4 is 38.6 Å². The van der Waals surface area contributed by atoms with Gasteiger partial charge in [-0.3, -0.25) is 0 Å². The lowest BCUT2D eigenvalue weighted by atomic mass is 10.0. The van der Waals surface area contributed by atoms with Crippen LogP contribution in [0.5, 0.6) is 0 Å². The molecule has 1 aromatic heterocycles. The van der Waals surface area contributed by atoms with E-state index in [9.17, 15) is 4.79 Å². The number of ether oxygens (including phenoxy) is 2. The van der Waals surface area contributed by atoms with Crippen LogP contribution in [0.4, 0.5) is 5.82 Å². The number of hydrogen-bond donors (Lipinski definition) is 0. The van der Waals surface area contributed by atoms with E-state index in [1.165, 1.54) is 0 Å². The van der Waals surface area contributed by atoms with Crippen molar-refractivity contribution in [3.63, 3.8) is 0 Å². The summed E-state index contributed by atoms with van der Waals surface area (Å²) < 4.78 is 11.8. The Bertz CT molecular complexity index is 997. The second kappa shape index (κ2) is 8.24. The number of carbonyl (C=O) groups excluding carboxylic acids is 1. The summed E-state index contributed by atoms with van der Waals surface area (Å²) in [5.41, 5.74) is 1.84. The number of esters is 1. The van der Waals surface area contributed by atoms with E-state index in [-0.39, 0.29) is 18.5 Å². The van der Waals surface area contributed by atoms with Crippen molar-refractivity contribution < 1.29 is 14.3 Å². The summed E-state index contributed by atoms with van der Waals surface area (Å²) in [7, 11) is 0. The number of carbonyl (C=O) groups is 1. The zero-order chi connectivity index (χ0) is 19.5. The molecule has 0 saturated carbocycles.